The minimum Gasteiger partial charge on any atom is -0.365 e. The second-order valence-corrected chi connectivity index (χ2v) is 3.92. The summed E-state index contributed by atoms with van der Waals surface area (Å²) < 4.78 is 0. The zero-order valence-electron chi connectivity index (χ0n) is 9.08. The molecule has 2 heterocycles. The van der Waals surface area contributed by atoms with Crippen molar-refractivity contribution >= 4 is 11.8 Å². The summed E-state index contributed by atoms with van der Waals surface area (Å²) in [5.41, 5.74) is 0.228. The van der Waals surface area contributed by atoms with Crippen LogP contribution in [-0.2, 0) is 0 Å². The lowest BCUT2D eigenvalue weighted by Crippen LogP contribution is -2.37. The van der Waals surface area contributed by atoms with E-state index >= 15 is 0 Å². The van der Waals surface area contributed by atoms with Crippen LogP contribution in [0.2, 0.25) is 0 Å². The van der Waals surface area contributed by atoms with Crippen molar-refractivity contribution in [3.63, 3.8) is 0 Å². The molecule has 1 fully saturated rings. The number of anilines is 1. The Morgan fingerprint density at radius 1 is 1.12 bits per heavy atom. The molecule has 86 valence electrons. The van der Waals surface area contributed by atoms with Crippen LogP contribution in [0.25, 0.3) is 6.08 Å². The number of rotatable bonds is 2. The van der Waals surface area contributed by atoms with Crippen molar-refractivity contribution in [3.8, 4) is 0 Å². The molecule has 16 heavy (non-hydrogen) atoms. The second-order valence-electron chi connectivity index (χ2n) is 3.92. The molecule has 0 radical (unpaired) electrons. The van der Waals surface area contributed by atoms with Crippen molar-refractivity contribution < 1.29 is 0 Å². The summed E-state index contributed by atoms with van der Waals surface area (Å²) in [7, 11) is 0. The first kappa shape index (κ1) is 10.7. The van der Waals surface area contributed by atoms with Crippen molar-refractivity contribution in [2.75, 3.05) is 18.0 Å². The summed E-state index contributed by atoms with van der Waals surface area (Å²) in [6.45, 7) is 5.33. The maximum Gasteiger partial charge on any atom is 0.326 e. The molecule has 2 N–H and O–H groups in total. The number of piperidine rings is 1. The highest BCUT2D eigenvalue weighted by Crippen LogP contribution is 2.18. The summed E-state index contributed by atoms with van der Waals surface area (Å²) >= 11 is 0. The van der Waals surface area contributed by atoms with E-state index in [1.54, 1.807) is 0 Å². The van der Waals surface area contributed by atoms with Gasteiger partial charge in [0.15, 0.2) is 0 Å². The van der Waals surface area contributed by atoms with Gasteiger partial charge < -0.3 is 9.88 Å². The van der Waals surface area contributed by atoms with Gasteiger partial charge in [0.1, 0.15) is 5.69 Å². The quantitative estimate of drug-likeness (QED) is 0.772. The van der Waals surface area contributed by atoms with E-state index in [0.29, 0.717) is 11.4 Å². The lowest BCUT2D eigenvalue weighted by atomic mass is 10.1. The lowest BCUT2D eigenvalue weighted by Gasteiger charge is -2.28. The third kappa shape index (κ3) is 1.93. The predicted octanol–water partition coefficient (Wildman–Crippen LogP) is 0.696. The van der Waals surface area contributed by atoms with Crippen LogP contribution < -0.4 is 16.1 Å². The fourth-order valence-corrected chi connectivity index (χ4v) is 2.08. The predicted molar refractivity (Wildman–Crippen MR) is 63.8 cm³/mol. The Hall–Kier alpha value is -1.78. The van der Waals surface area contributed by atoms with E-state index in [2.05, 4.69) is 16.5 Å². The van der Waals surface area contributed by atoms with Crippen molar-refractivity contribution in [2.24, 2.45) is 0 Å². The van der Waals surface area contributed by atoms with Crippen LogP contribution in [0.1, 0.15) is 25.0 Å². The SMILES string of the molecule is C=Cc1[nH]c(=O)[nH]c(=O)c1N1CCCCC1. The molecule has 1 aliphatic rings. The standard InChI is InChI=1S/C11H15N3O2/c1-2-8-9(10(15)13-11(16)12-8)14-6-4-3-5-7-14/h2H,1,3-7H2,(H2,12,13,15,16). The third-order valence-electron chi connectivity index (χ3n) is 2.82. The Morgan fingerprint density at radius 3 is 2.44 bits per heavy atom. The van der Waals surface area contributed by atoms with Crippen molar-refractivity contribution in [1.29, 1.82) is 0 Å². The first-order chi connectivity index (χ1) is 7.72. The molecule has 0 aliphatic carbocycles. The molecule has 1 aliphatic heterocycles. The van der Waals surface area contributed by atoms with Crippen LogP contribution >= 0.6 is 0 Å². The first-order valence-corrected chi connectivity index (χ1v) is 5.46. The topological polar surface area (TPSA) is 69.0 Å². The molecule has 0 unspecified atom stereocenters. The van der Waals surface area contributed by atoms with E-state index in [4.69, 9.17) is 0 Å². The monoisotopic (exact) mass is 221 g/mol. The van der Waals surface area contributed by atoms with Gasteiger partial charge in [-0.1, -0.05) is 6.58 Å². The number of aromatic amines is 2. The van der Waals surface area contributed by atoms with Crippen LogP contribution in [0.15, 0.2) is 16.2 Å². The van der Waals surface area contributed by atoms with Crippen molar-refractivity contribution in [1.82, 2.24) is 9.97 Å². The van der Waals surface area contributed by atoms with Gasteiger partial charge in [0.25, 0.3) is 5.56 Å². The first-order valence-electron chi connectivity index (χ1n) is 5.46. The van der Waals surface area contributed by atoms with Crippen LogP contribution in [0.5, 0.6) is 0 Å². The molecule has 0 bridgehead atoms. The number of H-pyrrole nitrogens is 2. The maximum atomic E-state index is 11.8. The van der Waals surface area contributed by atoms with E-state index in [1.807, 2.05) is 4.90 Å². The number of nitrogens with zero attached hydrogens (tertiary/aromatic N) is 1. The molecule has 0 saturated carbocycles. The Balaban J connectivity index is 2.49. The largest absolute Gasteiger partial charge is 0.365 e. The molecule has 1 aromatic rings. The normalized spacial score (nSPS) is 16.1. The van der Waals surface area contributed by atoms with Gasteiger partial charge in [-0.25, -0.2) is 4.79 Å². The maximum absolute atomic E-state index is 11.8. The van der Waals surface area contributed by atoms with Crippen molar-refractivity contribution in [3.05, 3.63) is 33.1 Å². The molecular weight excluding hydrogens is 206 g/mol. The zero-order valence-corrected chi connectivity index (χ0v) is 9.08. The lowest BCUT2D eigenvalue weighted by molar-refractivity contribution is 0.574. The average molecular weight is 221 g/mol. The third-order valence-corrected chi connectivity index (χ3v) is 2.82. The summed E-state index contributed by atoms with van der Waals surface area (Å²) in [4.78, 5) is 29.7. The molecule has 0 aromatic carbocycles. The molecule has 2 rings (SSSR count). The fourth-order valence-electron chi connectivity index (χ4n) is 2.08. The van der Waals surface area contributed by atoms with Crippen LogP contribution in [-0.4, -0.2) is 23.1 Å². The molecular formula is C11H15N3O2. The Kier molecular flexibility index (Phi) is 2.94. The molecule has 0 spiro atoms. The van der Waals surface area contributed by atoms with Crippen molar-refractivity contribution in [2.45, 2.75) is 19.3 Å². The van der Waals surface area contributed by atoms with Crippen LogP contribution in [0, 0.1) is 0 Å². The highest BCUT2D eigenvalue weighted by molar-refractivity contribution is 5.62. The number of aromatic nitrogens is 2. The highest BCUT2D eigenvalue weighted by Gasteiger charge is 2.17. The minimum absolute atomic E-state index is 0.333. The van der Waals surface area contributed by atoms with Gasteiger partial charge in [-0.2, -0.15) is 0 Å². The summed E-state index contributed by atoms with van der Waals surface area (Å²) in [5.74, 6) is 0. The second kappa shape index (κ2) is 4.38. The van der Waals surface area contributed by atoms with E-state index in [0.717, 1.165) is 25.9 Å². The molecule has 1 saturated heterocycles. The van der Waals surface area contributed by atoms with Gasteiger partial charge in [-0.3, -0.25) is 9.78 Å². The summed E-state index contributed by atoms with van der Waals surface area (Å²) in [5, 5.41) is 0. The van der Waals surface area contributed by atoms with E-state index in [9.17, 15) is 9.59 Å². The van der Waals surface area contributed by atoms with Crippen LogP contribution in [0.3, 0.4) is 0 Å². The zero-order chi connectivity index (χ0) is 11.5. The molecule has 0 atom stereocenters. The van der Waals surface area contributed by atoms with Gasteiger partial charge in [0.05, 0.1) is 5.69 Å². The molecule has 1 aromatic heterocycles. The Labute approximate surface area is 92.8 Å². The van der Waals surface area contributed by atoms with E-state index < -0.39 is 5.69 Å². The highest BCUT2D eigenvalue weighted by atomic mass is 16.2. The minimum atomic E-state index is -0.486. The van der Waals surface area contributed by atoms with E-state index in [-0.39, 0.29) is 5.56 Å². The Bertz CT molecular complexity index is 495. The number of hydrogen-bond acceptors (Lipinski definition) is 3. The smallest absolute Gasteiger partial charge is 0.326 e. The molecule has 5 nitrogen and oxygen atoms in total. The average Bonchev–Trinajstić information content (AvgIpc) is 2.29. The van der Waals surface area contributed by atoms with E-state index in [1.165, 1.54) is 12.5 Å². The van der Waals surface area contributed by atoms with Gasteiger partial charge in [-0.15, -0.1) is 0 Å². The molecule has 0 amide bonds. The van der Waals surface area contributed by atoms with Gasteiger partial charge >= 0.3 is 5.69 Å². The van der Waals surface area contributed by atoms with Crippen LogP contribution in [0.4, 0.5) is 5.69 Å². The molecule has 5 heteroatoms. The fraction of sp³-hybridized carbons (Fsp3) is 0.455. The van der Waals surface area contributed by atoms with Gasteiger partial charge in [0, 0.05) is 13.1 Å². The number of hydrogen-bond donors (Lipinski definition) is 2. The van der Waals surface area contributed by atoms with Gasteiger partial charge in [-0.05, 0) is 25.3 Å². The Morgan fingerprint density at radius 2 is 1.81 bits per heavy atom. The number of nitrogens with one attached hydrogen (secondary N) is 2. The summed E-state index contributed by atoms with van der Waals surface area (Å²) in [6, 6.07) is 0. The summed E-state index contributed by atoms with van der Waals surface area (Å²) in [6.07, 6.45) is 4.87. The van der Waals surface area contributed by atoms with Gasteiger partial charge in [0.2, 0.25) is 0 Å².